The molecule has 2 N–H and O–H groups in total. The number of hydrogen-bond acceptors (Lipinski definition) is 3. The maximum Gasteiger partial charge on any atom is 0.182 e. The number of nitrogens with zero attached hydrogens (tertiary/aromatic N) is 3. The standard InChI is InChI=1S/C8H10N4/c9-5-6-8(10)12-4-2-1-3-7(12)11-6/h1-4,10H2. The van der Waals surface area contributed by atoms with Gasteiger partial charge in [-0.1, -0.05) is 0 Å². The van der Waals surface area contributed by atoms with Crippen molar-refractivity contribution in [3.63, 3.8) is 0 Å². The number of hydrogen-bond donors (Lipinski definition) is 1. The van der Waals surface area contributed by atoms with Crippen LogP contribution in [0.5, 0.6) is 0 Å². The molecule has 1 aromatic heterocycles. The van der Waals surface area contributed by atoms with Gasteiger partial charge in [0, 0.05) is 13.0 Å². The number of fused-ring (bicyclic) bond motifs is 1. The lowest BCUT2D eigenvalue weighted by atomic mass is 10.2. The molecule has 0 aliphatic carbocycles. The number of nitrogens with two attached hydrogens (primary N) is 1. The molecule has 0 unspecified atom stereocenters. The van der Waals surface area contributed by atoms with E-state index in [1.807, 2.05) is 10.6 Å². The first kappa shape index (κ1) is 7.17. The molecule has 62 valence electrons. The number of anilines is 1. The van der Waals surface area contributed by atoms with Crippen LogP contribution in [-0.2, 0) is 13.0 Å². The molecule has 2 rings (SSSR count). The van der Waals surface area contributed by atoms with Crippen LogP contribution in [0.2, 0.25) is 0 Å². The highest BCUT2D eigenvalue weighted by atomic mass is 15.1. The normalized spacial score (nSPS) is 15.2. The minimum absolute atomic E-state index is 0.381. The van der Waals surface area contributed by atoms with Crippen LogP contribution in [0.25, 0.3) is 0 Å². The maximum absolute atomic E-state index is 8.66. The van der Waals surface area contributed by atoms with Crippen LogP contribution in [-0.4, -0.2) is 9.55 Å². The molecule has 0 saturated carbocycles. The van der Waals surface area contributed by atoms with Crippen LogP contribution in [0.3, 0.4) is 0 Å². The van der Waals surface area contributed by atoms with E-state index in [-0.39, 0.29) is 0 Å². The Kier molecular flexibility index (Phi) is 1.51. The smallest absolute Gasteiger partial charge is 0.182 e. The van der Waals surface area contributed by atoms with Crippen LogP contribution in [0.15, 0.2) is 0 Å². The lowest BCUT2D eigenvalue weighted by Crippen LogP contribution is -2.12. The number of nitrogen functional groups attached to an aromatic ring is 1. The first-order valence-electron chi connectivity index (χ1n) is 4.08. The summed E-state index contributed by atoms with van der Waals surface area (Å²) in [5, 5.41) is 8.66. The van der Waals surface area contributed by atoms with Crippen molar-refractivity contribution in [2.45, 2.75) is 25.8 Å². The third-order valence-electron chi connectivity index (χ3n) is 2.22. The van der Waals surface area contributed by atoms with E-state index in [4.69, 9.17) is 11.0 Å². The predicted octanol–water partition coefficient (Wildman–Crippen LogP) is 0.673. The van der Waals surface area contributed by atoms with Crippen molar-refractivity contribution in [3.05, 3.63) is 11.5 Å². The Morgan fingerprint density at radius 1 is 1.50 bits per heavy atom. The third-order valence-corrected chi connectivity index (χ3v) is 2.22. The number of nitriles is 1. The fourth-order valence-corrected chi connectivity index (χ4v) is 1.59. The van der Waals surface area contributed by atoms with Gasteiger partial charge in [0.05, 0.1) is 0 Å². The van der Waals surface area contributed by atoms with Gasteiger partial charge in [0.2, 0.25) is 0 Å². The lowest BCUT2D eigenvalue weighted by molar-refractivity contribution is 0.527. The summed E-state index contributed by atoms with van der Waals surface area (Å²) in [5.74, 6) is 1.50. The topological polar surface area (TPSA) is 67.6 Å². The molecular weight excluding hydrogens is 152 g/mol. The molecule has 0 fully saturated rings. The van der Waals surface area contributed by atoms with Crippen LogP contribution in [0.1, 0.15) is 24.4 Å². The molecular formula is C8H10N4. The molecule has 0 aromatic carbocycles. The molecule has 1 aromatic rings. The SMILES string of the molecule is N#Cc1nc2n(c1N)CCCC2. The maximum atomic E-state index is 8.66. The second-order valence-corrected chi connectivity index (χ2v) is 2.98. The number of aryl methyl sites for hydroxylation is 1. The average molecular weight is 162 g/mol. The van der Waals surface area contributed by atoms with Gasteiger partial charge < -0.3 is 10.3 Å². The molecule has 0 saturated heterocycles. The highest BCUT2D eigenvalue weighted by Crippen LogP contribution is 2.20. The summed E-state index contributed by atoms with van der Waals surface area (Å²) in [6.07, 6.45) is 3.24. The summed E-state index contributed by atoms with van der Waals surface area (Å²) < 4.78 is 1.95. The van der Waals surface area contributed by atoms with Gasteiger partial charge in [-0.2, -0.15) is 5.26 Å². The van der Waals surface area contributed by atoms with E-state index in [0.717, 1.165) is 31.6 Å². The zero-order valence-electron chi connectivity index (χ0n) is 6.75. The van der Waals surface area contributed by atoms with Gasteiger partial charge >= 0.3 is 0 Å². The van der Waals surface area contributed by atoms with Crippen molar-refractivity contribution in [2.75, 3.05) is 5.73 Å². The second kappa shape index (κ2) is 2.52. The van der Waals surface area contributed by atoms with Crippen LogP contribution in [0.4, 0.5) is 5.82 Å². The van der Waals surface area contributed by atoms with Crippen LogP contribution < -0.4 is 5.73 Å². The van der Waals surface area contributed by atoms with Gasteiger partial charge in [0.15, 0.2) is 5.69 Å². The number of rotatable bonds is 0. The van der Waals surface area contributed by atoms with Crippen LogP contribution >= 0.6 is 0 Å². The average Bonchev–Trinajstić information content (AvgIpc) is 2.44. The molecule has 0 spiro atoms. The Bertz CT molecular complexity index is 345. The largest absolute Gasteiger partial charge is 0.383 e. The fraction of sp³-hybridized carbons (Fsp3) is 0.500. The van der Waals surface area contributed by atoms with Crippen molar-refractivity contribution in [1.29, 1.82) is 5.26 Å². The lowest BCUT2D eigenvalue weighted by Gasteiger charge is -2.13. The molecule has 0 bridgehead atoms. The van der Waals surface area contributed by atoms with Gasteiger partial charge in [-0.05, 0) is 12.8 Å². The highest BCUT2D eigenvalue weighted by Gasteiger charge is 2.16. The number of aromatic nitrogens is 2. The quantitative estimate of drug-likeness (QED) is 0.609. The molecule has 4 nitrogen and oxygen atoms in total. The first-order valence-corrected chi connectivity index (χ1v) is 4.08. The molecule has 1 aliphatic heterocycles. The molecule has 4 heteroatoms. The Morgan fingerprint density at radius 2 is 2.33 bits per heavy atom. The Labute approximate surface area is 70.6 Å². The first-order chi connectivity index (χ1) is 5.83. The third kappa shape index (κ3) is 0.866. The molecule has 0 atom stereocenters. The number of imidazole rings is 1. The van der Waals surface area contributed by atoms with Gasteiger partial charge in [-0.3, -0.25) is 0 Å². The van der Waals surface area contributed by atoms with E-state index in [1.165, 1.54) is 0 Å². The summed E-state index contributed by atoms with van der Waals surface area (Å²) >= 11 is 0. The molecule has 2 heterocycles. The minimum atomic E-state index is 0.381. The van der Waals surface area contributed by atoms with Crippen molar-refractivity contribution in [1.82, 2.24) is 9.55 Å². The van der Waals surface area contributed by atoms with E-state index in [9.17, 15) is 0 Å². The minimum Gasteiger partial charge on any atom is -0.383 e. The van der Waals surface area contributed by atoms with E-state index in [0.29, 0.717) is 11.5 Å². The second-order valence-electron chi connectivity index (χ2n) is 2.98. The molecule has 12 heavy (non-hydrogen) atoms. The van der Waals surface area contributed by atoms with Gasteiger partial charge in [-0.25, -0.2) is 4.98 Å². The Morgan fingerprint density at radius 3 is 3.00 bits per heavy atom. The van der Waals surface area contributed by atoms with Gasteiger partial charge in [0.1, 0.15) is 17.7 Å². The summed E-state index contributed by atoms with van der Waals surface area (Å²) in [7, 11) is 0. The molecule has 1 aliphatic rings. The summed E-state index contributed by atoms with van der Waals surface area (Å²) in [6.45, 7) is 0.913. The molecule has 0 amide bonds. The van der Waals surface area contributed by atoms with E-state index < -0.39 is 0 Å². The summed E-state index contributed by atoms with van der Waals surface area (Å²) in [4.78, 5) is 4.15. The Balaban J connectivity index is 2.53. The van der Waals surface area contributed by atoms with Crippen molar-refractivity contribution < 1.29 is 0 Å². The zero-order chi connectivity index (χ0) is 8.55. The van der Waals surface area contributed by atoms with E-state index in [2.05, 4.69) is 4.98 Å². The van der Waals surface area contributed by atoms with Crippen molar-refractivity contribution in [3.8, 4) is 6.07 Å². The van der Waals surface area contributed by atoms with Gasteiger partial charge in [0.25, 0.3) is 0 Å². The Hall–Kier alpha value is -1.50. The van der Waals surface area contributed by atoms with Gasteiger partial charge in [-0.15, -0.1) is 0 Å². The van der Waals surface area contributed by atoms with Crippen molar-refractivity contribution >= 4 is 5.82 Å². The van der Waals surface area contributed by atoms with E-state index in [1.54, 1.807) is 0 Å². The highest BCUT2D eigenvalue weighted by molar-refractivity contribution is 5.46. The molecule has 0 radical (unpaired) electrons. The zero-order valence-corrected chi connectivity index (χ0v) is 6.75. The van der Waals surface area contributed by atoms with Crippen LogP contribution in [0, 0.1) is 11.3 Å². The van der Waals surface area contributed by atoms with Crippen molar-refractivity contribution in [2.24, 2.45) is 0 Å². The summed E-state index contributed by atoms with van der Waals surface area (Å²) in [5.41, 5.74) is 6.09. The summed E-state index contributed by atoms with van der Waals surface area (Å²) in [6, 6.07) is 2.00. The van der Waals surface area contributed by atoms with E-state index >= 15 is 0 Å². The predicted molar refractivity (Wildman–Crippen MR) is 44.3 cm³/mol. The monoisotopic (exact) mass is 162 g/mol. The fourth-order valence-electron chi connectivity index (χ4n) is 1.59.